The van der Waals surface area contributed by atoms with Gasteiger partial charge in [0, 0.05) is 18.4 Å². The summed E-state index contributed by atoms with van der Waals surface area (Å²) >= 11 is 0. The Labute approximate surface area is 94.6 Å². The third-order valence-electron chi connectivity index (χ3n) is 3.09. The van der Waals surface area contributed by atoms with E-state index in [1.54, 1.807) is 0 Å². The summed E-state index contributed by atoms with van der Waals surface area (Å²) in [7, 11) is 0. The molecule has 88 valence electrons. The molecule has 0 unspecified atom stereocenters. The lowest BCUT2D eigenvalue weighted by atomic mass is 10.0. The van der Waals surface area contributed by atoms with Crippen LogP contribution in [0.3, 0.4) is 0 Å². The summed E-state index contributed by atoms with van der Waals surface area (Å²) in [4.78, 5) is 10.4. The average Bonchev–Trinajstić information content (AvgIpc) is 2.49. The van der Waals surface area contributed by atoms with E-state index in [1.807, 2.05) is 0 Å². The molecule has 0 fully saturated rings. The van der Waals surface area contributed by atoms with Crippen molar-refractivity contribution in [3.8, 4) is 0 Å². The number of aromatic nitrogens is 1. The first-order chi connectivity index (χ1) is 7.77. The largest absolute Gasteiger partial charge is 0.481 e. The number of aliphatic carboxylic acids is 1. The molecule has 1 aliphatic carbocycles. The van der Waals surface area contributed by atoms with Gasteiger partial charge in [-0.15, -0.1) is 0 Å². The molecule has 4 heteroatoms. The van der Waals surface area contributed by atoms with Gasteiger partial charge in [0.1, 0.15) is 5.76 Å². The minimum Gasteiger partial charge on any atom is -0.481 e. The van der Waals surface area contributed by atoms with Crippen molar-refractivity contribution < 1.29 is 14.4 Å². The maximum absolute atomic E-state index is 10.4. The molecule has 2 rings (SSSR count). The van der Waals surface area contributed by atoms with Crippen LogP contribution in [0, 0.1) is 0 Å². The molecule has 1 heterocycles. The lowest BCUT2D eigenvalue weighted by Gasteiger charge is -1.99. The Kier molecular flexibility index (Phi) is 3.59. The topological polar surface area (TPSA) is 63.3 Å². The number of aryl methyl sites for hydroxylation is 2. The van der Waals surface area contributed by atoms with Crippen LogP contribution in [-0.2, 0) is 24.1 Å². The maximum atomic E-state index is 10.4. The van der Waals surface area contributed by atoms with E-state index in [2.05, 4.69) is 5.16 Å². The highest BCUT2D eigenvalue weighted by atomic mass is 16.5. The van der Waals surface area contributed by atoms with E-state index >= 15 is 0 Å². The molecule has 0 spiro atoms. The van der Waals surface area contributed by atoms with Gasteiger partial charge in [0.05, 0.1) is 5.69 Å². The van der Waals surface area contributed by atoms with Crippen LogP contribution in [0.4, 0.5) is 0 Å². The number of fused-ring (bicyclic) bond motifs is 1. The highest BCUT2D eigenvalue weighted by Crippen LogP contribution is 2.24. The van der Waals surface area contributed by atoms with E-state index < -0.39 is 5.97 Å². The first-order valence-corrected chi connectivity index (χ1v) is 5.95. The van der Waals surface area contributed by atoms with Gasteiger partial charge in [0.25, 0.3) is 0 Å². The molecule has 1 aliphatic rings. The van der Waals surface area contributed by atoms with E-state index in [-0.39, 0.29) is 6.42 Å². The fourth-order valence-electron chi connectivity index (χ4n) is 2.23. The molecule has 0 amide bonds. The Bertz CT molecular complexity index is 370. The highest BCUT2D eigenvalue weighted by Gasteiger charge is 2.17. The highest BCUT2D eigenvalue weighted by molar-refractivity contribution is 5.66. The molecule has 0 radical (unpaired) electrons. The molecule has 1 aromatic heterocycles. The van der Waals surface area contributed by atoms with Crippen LogP contribution < -0.4 is 0 Å². The first-order valence-electron chi connectivity index (χ1n) is 5.95. The van der Waals surface area contributed by atoms with Crippen LogP contribution in [0.5, 0.6) is 0 Å². The Balaban J connectivity index is 1.99. The summed E-state index contributed by atoms with van der Waals surface area (Å²) in [5.41, 5.74) is 2.35. The van der Waals surface area contributed by atoms with Gasteiger partial charge in [0.15, 0.2) is 0 Å². The summed E-state index contributed by atoms with van der Waals surface area (Å²) in [6.07, 6.45) is 7.24. The third kappa shape index (κ3) is 2.62. The van der Waals surface area contributed by atoms with E-state index in [0.29, 0.717) is 12.8 Å². The van der Waals surface area contributed by atoms with Crippen molar-refractivity contribution in [1.29, 1.82) is 0 Å². The van der Waals surface area contributed by atoms with E-state index in [1.165, 1.54) is 24.8 Å². The average molecular weight is 223 g/mol. The summed E-state index contributed by atoms with van der Waals surface area (Å²) in [5.74, 6) is 0.170. The third-order valence-corrected chi connectivity index (χ3v) is 3.09. The van der Waals surface area contributed by atoms with Crippen LogP contribution in [0.15, 0.2) is 4.52 Å². The van der Waals surface area contributed by atoms with Crippen molar-refractivity contribution in [3.63, 3.8) is 0 Å². The minimum atomic E-state index is -0.745. The normalized spacial score (nSPS) is 15.5. The van der Waals surface area contributed by atoms with Gasteiger partial charge >= 0.3 is 5.97 Å². The van der Waals surface area contributed by atoms with Gasteiger partial charge in [-0.1, -0.05) is 11.6 Å². The lowest BCUT2D eigenvalue weighted by Crippen LogP contribution is -1.97. The Hall–Kier alpha value is -1.32. The first kappa shape index (κ1) is 11.2. The molecule has 0 atom stereocenters. The lowest BCUT2D eigenvalue weighted by molar-refractivity contribution is -0.137. The SMILES string of the molecule is O=C(O)CCCc1onc2c1CCCCC2. The molecule has 0 aromatic carbocycles. The second kappa shape index (κ2) is 5.14. The van der Waals surface area contributed by atoms with Crippen LogP contribution in [0.2, 0.25) is 0 Å². The number of hydrogen-bond donors (Lipinski definition) is 1. The van der Waals surface area contributed by atoms with Gasteiger partial charge in [-0.2, -0.15) is 0 Å². The van der Waals surface area contributed by atoms with E-state index in [0.717, 1.165) is 24.3 Å². The Morgan fingerprint density at radius 1 is 1.31 bits per heavy atom. The quantitative estimate of drug-likeness (QED) is 0.796. The van der Waals surface area contributed by atoms with Crippen LogP contribution in [-0.4, -0.2) is 16.2 Å². The fraction of sp³-hybridized carbons (Fsp3) is 0.667. The zero-order valence-electron chi connectivity index (χ0n) is 9.37. The Morgan fingerprint density at radius 2 is 2.12 bits per heavy atom. The maximum Gasteiger partial charge on any atom is 0.303 e. The molecule has 16 heavy (non-hydrogen) atoms. The summed E-state index contributed by atoms with van der Waals surface area (Å²) in [6, 6.07) is 0. The number of carboxylic acids is 1. The summed E-state index contributed by atoms with van der Waals surface area (Å²) in [5, 5.41) is 12.7. The fourth-order valence-corrected chi connectivity index (χ4v) is 2.23. The van der Waals surface area contributed by atoms with Crippen molar-refractivity contribution in [2.45, 2.75) is 51.4 Å². The standard InChI is InChI=1S/C12H17NO3/c14-12(15)8-4-7-11-9-5-2-1-3-6-10(9)13-16-11/h1-8H2,(H,14,15). The number of rotatable bonds is 4. The molecular formula is C12H17NO3. The molecule has 1 N–H and O–H groups in total. The molecule has 1 aromatic rings. The van der Waals surface area contributed by atoms with Crippen molar-refractivity contribution in [2.75, 3.05) is 0 Å². The minimum absolute atomic E-state index is 0.204. The zero-order valence-corrected chi connectivity index (χ0v) is 9.37. The van der Waals surface area contributed by atoms with Crippen molar-refractivity contribution in [2.24, 2.45) is 0 Å². The van der Waals surface area contributed by atoms with Crippen LogP contribution >= 0.6 is 0 Å². The van der Waals surface area contributed by atoms with Gasteiger partial charge in [-0.25, -0.2) is 0 Å². The predicted octanol–water partition coefficient (Wildman–Crippen LogP) is 2.35. The molecule has 0 saturated carbocycles. The van der Waals surface area contributed by atoms with Gasteiger partial charge in [-0.3, -0.25) is 4.79 Å². The Morgan fingerprint density at radius 3 is 2.94 bits per heavy atom. The van der Waals surface area contributed by atoms with E-state index in [9.17, 15) is 4.79 Å². The van der Waals surface area contributed by atoms with Gasteiger partial charge in [-0.05, 0) is 32.1 Å². The van der Waals surface area contributed by atoms with E-state index in [4.69, 9.17) is 9.63 Å². The molecular weight excluding hydrogens is 206 g/mol. The van der Waals surface area contributed by atoms with Gasteiger partial charge in [0.2, 0.25) is 0 Å². The van der Waals surface area contributed by atoms with Crippen molar-refractivity contribution in [3.05, 3.63) is 17.0 Å². The smallest absolute Gasteiger partial charge is 0.303 e. The molecule has 0 saturated heterocycles. The van der Waals surface area contributed by atoms with Crippen LogP contribution in [0.25, 0.3) is 0 Å². The number of carbonyl (C=O) groups is 1. The van der Waals surface area contributed by atoms with Crippen molar-refractivity contribution in [1.82, 2.24) is 5.16 Å². The molecule has 0 aliphatic heterocycles. The second-order valence-corrected chi connectivity index (χ2v) is 4.34. The van der Waals surface area contributed by atoms with Crippen LogP contribution in [0.1, 0.15) is 49.1 Å². The van der Waals surface area contributed by atoms with Crippen molar-refractivity contribution >= 4 is 5.97 Å². The van der Waals surface area contributed by atoms with Gasteiger partial charge < -0.3 is 9.63 Å². The molecule has 0 bridgehead atoms. The second-order valence-electron chi connectivity index (χ2n) is 4.34. The summed E-state index contributed by atoms with van der Waals surface area (Å²) in [6.45, 7) is 0. The summed E-state index contributed by atoms with van der Waals surface area (Å²) < 4.78 is 5.31. The molecule has 4 nitrogen and oxygen atoms in total. The number of carboxylic acid groups (broad SMARTS) is 1. The predicted molar refractivity (Wildman–Crippen MR) is 58.3 cm³/mol. The number of hydrogen-bond acceptors (Lipinski definition) is 3. The monoisotopic (exact) mass is 223 g/mol. The zero-order chi connectivity index (χ0) is 11.4. The number of nitrogens with zero attached hydrogens (tertiary/aromatic N) is 1.